The van der Waals surface area contributed by atoms with Gasteiger partial charge in [-0.3, -0.25) is 0 Å². The molecular formula is C11H20N4O. The third-order valence-electron chi connectivity index (χ3n) is 2.34. The van der Waals surface area contributed by atoms with E-state index in [1.165, 1.54) is 0 Å². The Morgan fingerprint density at radius 1 is 1.31 bits per heavy atom. The van der Waals surface area contributed by atoms with Gasteiger partial charge in [0, 0.05) is 26.8 Å². The molecule has 0 radical (unpaired) electrons. The van der Waals surface area contributed by atoms with Gasteiger partial charge in [0.25, 0.3) is 0 Å². The van der Waals surface area contributed by atoms with Crippen molar-refractivity contribution < 1.29 is 4.74 Å². The van der Waals surface area contributed by atoms with Crippen LogP contribution < -0.4 is 10.6 Å². The van der Waals surface area contributed by atoms with E-state index in [-0.39, 0.29) is 5.60 Å². The van der Waals surface area contributed by atoms with Gasteiger partial charge in [-0.25, -0.2) is 9.97 Å². The number of nitrogens with zero attached hydrogens (tertiary/aromatic N) is 2. The van der Waals surface area contributed by atoms with Gasteiger partial charge >= 0.3 is 0 Å². The highest BCUT2D eigenvalue weighted by Gasteiger charge is 2.16. The van der Waals surface area contributed by atoms with Crippen LogP contribution in [0, 0.1) is 6.92 Å². The molecule has 1 aromatic heterocycles. The van der Waals surface area contributed by atoms with Crippen LogP contribution in [0.5, 0.6) is 0 Å². The number of aryl methyl sites for hydroxylation is 1. The fourth-order valence-corrected chi connectivity index (χ4v) is 1.16. The minimum absolute atomic E-state index is 0.210. The van der Waals surface area contributed by atoms with Crippen molar-refractivity contribution in [2.75, 3.05) is 31.3 Å². The van der Waals surface area contributed by atoms with Crippen molar-refractivity contribution in [2.24, 2.45) is 0 Å². The molecular weight excluding hydrogens is 204 g/mol. The lowest BCUT2D eigenvalue weighted by atomic mass is 10.1. The van der Waals surface area contributed by atoms with Gasteiger partial charge < -0.3 is 15.4 Å². The Hall–Kier alpha value is -1.36. The summed E-state index contributed by atoms with van der Waals surface area (Å²) in [6.07, 6.45) is 0. The summed E-state index contributed by atoms with van der Waals surface area (Å²) in [5, 5.41) is 6.23. The summed E-state index contributed by atoms with van der Waals surface area (Å²) in [6.45, 7) is 6.61. The molecule has 5 nitrogen and oxygen atoms in total. The fourth-order valence-electron chi connectivity index (χ4n) is 1.16. The van der Waals surface area contributed by atoms with E-state index in [1.54, 1.807) is 7.11 Å². The summed E-state index contributed by atoms with van der Waals surface area (Å²) in [6, 6.07) is 1.87. The quantitative estimate of drug-likeness (QED) is 0.796. The molecule has 2 N–H and O–H groups in total. The van der Waals surface area contributed by atoms with E-state index >= 15 is 0 Å². The van der Waals surface area contributed by atoms with Gasteiger partial charge in [0.05, 0.1) is 5.60 Å². The molecule has 16 heavy (non-hydrogen) atoms. The molecule has 0 bridgehead atoms. The zero-order chi connectivity index (χ0) is 12.2. The van der Waals surface area contributed by atoms with Gasteiger partial charge in [0.15, 0.2) is 0 Å². The predicted molar refractivity (Wildman–Crippen MR) is 65.9 cm³/mol. The second kappa shape index (κ2) is 5.12. The number of ether oxygens (including phenoxy) is 1. The van der Waals surface area contributed by atoms with Crippen molar-refractivity contribution in [3.8, 4) is 0 Å². The van der Waals surface area contributed by atoms with Gasteiger partial charge in [0.2, 0.25) is 0 Å². The average Bonchev–Trinajstić information content (AvgIpc) is 2.26. The Morgan fingerprint density at radius 2 is 1.94 bits per heavy atom. The van der Waals surface area contributed by atoms with Crippen molar-refractivity contribution >= 4 is 11.6 Å². The highest BCUT2D eigenvalue weighted by Crippen LogP contribution is 2.13. The lowest BCUT2D eigenvalue weighted by Crippen LogP contribution is -2.32. The highest BCUT2D eigenvalue weighted by atomic mass is 16.5. The number of aromatic nitrogens is 2. The van der Waals surface area contributed by atoms with Crippen LogP contribution in [0.2, 0.25) is 0 Å². The summed E-state index contributed by atoms with van der Waals surface area (Å²) in [5.41, 5.74) is -0.210. The van der Waals surface area contributed by atoms with Crippen molar-refractivity contribution in [3.63, 3.8) is 0 Å². The number of rotatable bonds is 5. The maximum Gasteiger partial charge on any atom is 0.131 e. The second-order valence-electron chi connectivity index (χ2n) is 4.25. The SMILES string of the molecule is CNc1cc(NCC(C)(C)OC)nc(C)n1. The van der Waals surface area contributed by atoms with Crippen molar-refractivity contribution in [1.82, 2.24) is 9.97 Å². The molecule has 0 atom stereocenters. The van der Waals surface area contributed by atoms with Crippen LogP contribution in [0.4, 0.5) is 11.6 Å². The first-order valence-corrected chi connectivity index (χ1v) is 5.29. The van der Waals surface area contributed by atoms with E-state index in [1.807, 2.05) is 33.9 Å². The van der Waals surface area contributed by atoms with E-state index in [2.05, 4.69) is 20.6 Å². The van der Waals surface area contributed by atoms with Gasteiger partial charge in [-0.1, -0.05) is 0 Å². The molecule has 0 fully saturated rings. The maximum absolute atomic E-state index is 5.32. The van der Waals surface area contributed by atoms with Crippen molar-refractivity contribution in [2.45, 2.75) is 26.4 Å². The minimum Gasteiger partial charge on any atom is -0.377 e. The van der Waals surface area contributed by atoms with Gasteiger partial charge in [-0.15, -0.1) is 0 Å². The summed E-state index contributed by atoms with van der Waals surface area (Å²) in [7, 11) is 3.54. The number of methoxy groups -OCH3 is 1. The number of hydrogen-bond acceptors (Lipinski definition) is 5. The molecule has 1 rings (SSSR count). The molecule has 0 aliphatic heterocycles. The second-order valence-corrected chi connectivity index (χ2v) is 4.25. The van der Waals surface area contributed by atoms with E-state index < -0.39 is 0 Å². The molecule has 0 unspecified atom stereocenters. The highest BCUT2D eigenvalue weighted by molar-refractivity contribution is 5.47. The molecule has 1 aromatic rings. The molecule has 0 aliphatic rings. The zero-order valence-corrected chi connectivity index (χ0v) is 10.6. The van der Waals surface area contributed by atoms with Crippen molar-refractivity contribution in [1.29, 1.82) is 0 Å². The van der Waals surface area contributed by atoms with E-state index in [0.29, 0.717) is 6.54 Å². The fraction of sp³-hybridized carbons (Fsp3) is 0.636. The Bertz CT molecular complexity index is 352. The van der Waals surface area contributed by atoms with Crippen LogP contribution in [0.1, 0.15) is 19.7 Å². The zero-order valence-electron chi connectivity index (χ0n) is 10.6. The van der Waals surface area contributed by atoms with Gasteiger partial charge in [-0.05, 0) is 20.8 Å². The molecule has 0 saturated heterocycles. The van der Waals surface area contributed by atoms with Crippen LogP contribution >= 0.6 is 0 Å². The van der Waals surface area contributed by atoms with Gasteiger partial charge in [-0.2, -0.15) is 0 Å². The Labute approximate surface area is 96.6 Å². The molecule has 0 spiro atoms. The lowest BCUT2D eigenvalue weighted by molar-refractivity contribution is 0.0343. The van der Waals surface area contributed by atoms with Crippen LogP contribution in [-0.4, -0.2) is 36.3 Å². The Kier molecular flexibility index (Phi) is 4.06. The van der Waals surface area contributed by atoms with Crippen LogP contribution in [0.15, 0.2) is 6.07 Å². The summed E-state index contributed by atoms with van der Waals surface area (Å²) >= 11 is 0. The van der Waals surface area contributed by atoms with E-state index in [4.69, 9.17) is 4.74 Å². The van der Waals surface area contributed by atoms with Crippen molar-refractivity contribution in [3.05, 3.63) is 11.9 Å². The molecule has 0 aromatic carbocycles. The number of anilines is 2. The summed E-state index contributed by atoms with van der Waals surface area (Å²) < 4.78 is 5.32. The topological polar surface area (TPSA) is 59.1 Å². The van der Waals surface area contributed by atoms with Crippen LogP contribution in [-0.2, 0) is 4.74 Å². The molecule has 1 heterocycles. The smallest absolute Gasteiger partial charge is 0.131 e. The molecule has 0 saturated carbocycles. The predicted octanol–water partition coefficient (Wildman–Crippen LogP) is 1.66. The lowest BCUT2D eigenvalue weighted by Gasteiger charge is -2.23. The summed E-state index contributed by atoms with van der Waals surface area (Å²) in [4.78, 5) is 8.52. The van der Waals surface area contributed by atoms with Crippen LogP contribution in [0.3, 0.4) is 0 Å². The Morgan fingerprint density at radius 3 is 2.50 bits per heavy atom. The summed E-state index contributed by atoms with van der Waals surface area (Å²) in [5.74, 6) is 2.36. The van der Waals surface area contributed by atoms with Gasteiger partial charge in [0.1, 0.15) is 17.5 Å². The third kappa shape index (κ3) is 3.66. The average molecular weight is 224 g/mol. The first-order chi connectivity index (χ1) is 7.46. The number of nitrogens with one attached hydrogen (secondary N) is 2. The van der Waals surface area contributed by atoms with Crippen LogP contribution in [0.25, 0.3) is 0 Å². The first-order valence-electron chi connectivity index (χ1n) is 5.29. The number of hydrogen-bond donors (Lipinski definition) is 2. The molecule has 0 aliphatic carbocycles. The Balaban J connectivity index is 2.70. The maximum atomic E-state index is 5.32. The first kappa shape index (κ1) is 12.7. The third-order valence-corrected chi connectivity index (χ3v) is 2.34. The standard InChI is InChI=1S/C11H20N4O/c1-8-14-9(12-4)6-10(15-8)13-7-11(2,3)16-5/h6H,7H2,1-5H3,(H2,12,13,14,15). The molecule has 0 amide bonds. The molecule has 5 heteroatoms. The molecule has 90 valence electrons. The monoisotopic (exact) mass is 224 g/mol. The van der Waals surface area contributed by atoms with E-state index in [9.17, 15) is 0 Å². The minimum atomic E-state index is -0.210. The largest absolute Gasteiger partial charge is 0.377 e. The normalized spacial score (nSPS) is 11.3. The van der Waals surface area contributed by atoms with E-state index in [0.717, 1.165) is 17.5 Å².